The van der Waals surface area contributed by atoms with Gasteiger partial charge in [0.1, 0.15) is 16.2 Å². The number of benzene rings is 3. The Morgan fingerprint density at radius 3 is 2.43 bits per heavy atom. The van der Waals surface area contributed by atoms with Gasteiger partial charge in [0.15, 0.2) is 5.75 Å². The molecule has 0 amide bonds. The summed E-state index contributed by atoms with van der Waals surface area (Å²) >= 11 is 12.5. The van der Waals surface area contributed by atoms with E-state index < -0.39 is 10.1 Å². The molecule has 0 N–H and O–H groups in total. The Balaban J connectivity index is 1.85. The third-order valence-corrected chi connectivity index (χ3v) is 6.39. The fourth-order valence-corrected chi connectivity index (χ4v) is 4.94. The molecule has 0 radical (unpaired) electrons. The van der Waals surface area contributed by atoms with Crippen LogP contribution in [0.4, 0.5) is 0 Å². The molecule has 5 nitrogen and oxygen atoms in total. The van der Waals surface area contributed by atoms with E-state index in [9.17, 15) is 8.42 Å². The summed E-state index contributed by atoms with van der Waals surface area (Å²) < 4.78 is 37.7. The Morgan fingerprint density at radius 1 is 0.933 bits per heavy atom. The maximum absolute atomic E-state index is 13.2. The van der Waals surface area contributed by atoms with Gasteiger partial charge in [-0.3, -0.25) is 4.98 Å². The van der Waals surface area contributed by atoms with Gasteiger partial charge < -0.3 is 8.92 Å². The van der Waals surface area contributed by atoms with Crippen molar-refractivity contribution < 1.29 is 17.3 Å². The number of fused-ring (bicyclic) bond motifs is 2. The van der Waals surface area contributed by atoms with E-state index in [1.165, 1.54) is 18.3 Å². The second-order valence-corrected chi connectivity index (χ2v) is 8.89. The van der Waals surface area contributed by atoms with Crippen LogP contribution in [0.1, 0.15) is 13.3 Å². The van der Waals surface area contributed by atoms with Crippen molar-refractivity contribution in [3.63, 3.8) is 0 Å². The summed E-state index contributed by atoms with van der Waals surface area (Å²) in [5.74, 6) is 0.551. The highest BCUT2D eigenvalue weighted by atomic mass is 35.5. The molecule has 0 aliphatic carbocycles. The molecule has 0 atom stereocenters. The SMILES string of the molecule is CCCOc1ccc(S(=O)(=O)Oc2c(Cl)cc(Cl)c3cccnc23)c2ccccc12. The van der Waals surface area contributed by atoms with Crippen molar-refractivity contribution in [1.82, 2.24) is 4.98 Å². The maximum atomic E-state index is 13.2. The maximum Gasteiger partial charge on any atom is 0.339 e. The average molecular weight is 462 g/mol. The van der Waals surface area contributed by atoms with E-state index >= 15 is 0 Å². The first-order valence-electron chi connectivity index (χ1n) is 9.24. The first-order chi connectivity index (χ1) is 14.4. The van der Waals surface area contributed by atoms with E-state index in [1.54, 1.807) is 30.3 Å². The predicted octanol–water partition coefficient (Wildman–Crippen LogP) is 6.25. The van der Waals surface area contributed by atoms with Gasteiger partial charge in [-0.05, 0) is 36.8 Å². The minimum absolute atomic E-state index is 0.0112. The van der Waals surface area contributed by atoms with Gasteiger partial charge in [-0.1, -0.05) is 54.4 Å². The van der Waals surface area contributed by atoms with Crippen molar-refractivity contribution in [2.45, 2.75) is 18.2 Å². The van der Waals surface area contributed by atoms with Gasteiger partial charge in [0, 0.05) is 22.4 Å². The Hall–Kier alpha value is -2.54. The zero-order chi connectivity index (χ0) is 21.3. The van der Waals surface area contributed by atoms with Gasteiger partial charge >= 0.3 is 10.1 Å². The van der Waals surface area contributed by atoms with Crippen molar-refractivity contribution in [2.75, 3.05) is 6.61 Å². The van der Waals surface area contributed by atoms with Crippen molar-refractivity contribution in [1.29, 1.82) is 0 Å². The van der Waals surface area contributed by atoms with Crippen LogP contribution < -0.4 is 8.92 Å². The van der Waals surface area contributed by atoms with Gasteiger partial charge in [0.05, 0.1) is 16.7 Å². The Kier molecular flexibility index (Phi) is 5.73. The van der Waals surface area contributed by atoms with E-state index in [0.29, 0.717) is 33.5 Å². The largest absolute Gasteiger partial charge is 0.493 e. The lowest BCUT2D eigenvalue weighted by atomic mass is 10.1. The molecule has 30 heavy (non-hydrogen) atoms. The van der Waals surface area contributed by atoms with Crippen molar-refractivity contribution >= 4 is 55.0 Å². The molecule has 0 saturated heterocycles. The molecule has 1 aromatic heterocycles. The third kappa shape index (κ3) is 3.78. The fraction of sp³-hybridized carbons (Fsp3) is 0.136. The van der Waals surface area contributed by atoms with Crippen molar-refractivity contribution in [2.24, 2.45) is 0 Å². The summed E-state index contributed by atoms with van der Waals surface area (Å²) in [6.07, 6.45) is 2.36. The molecule has 3 aromatic carbocycles. The first kappa shape index (κ1) is 20.7. The molecule has 0 spiro atoms. The van der Waals surface area contributed by atoms with E-state index in [4.69, 9.17) is 32.1 Å². The number of rotatable bonds is 6. The first-order valence-corrected chi connectivity index (χ1v) is 11.4. The van der Waals surface area contributed by atoms with E-state index in [-0.39, 0.29) is 21.2 Å². The zero-order valence-electron chi connectivity index (χ0n) is 15.9. The quantitative estimate of drug-likeness (QED) is 0.317. The van der Waals surface area contributed by atoms with Crippen LogP contribution >= 0.6 is 23.2 Å². The predicted molar refractivity (Wildman–Crippen MR) is 119 cm³/mol. The number of nitrogens with zero attached hydrogens (tertiary/aromatic N) is 1. The second kappa shape index (κ2) is 8.30. The van der Waals surface area contributed by atoms with E-state index in [0.717, 1.165) is 6.42 Å². The highest BCUT2D eigenvalue weighted by molar-refractivity contribution is 7.87. The highest BCUT2D eigenvalue weighted by Crippen LogP contribution is 2.39. The van der Waals surface area contributed by atoms with Crippen LogP contribution in [-0.4, -0.2) is 20.0 Å². The smallest absolute Gasteiger partial charge is 0.339 e. The minimum Gasteiger partial charge on any atom is -0.493 e. The van der Waals surface area contributed by atoms with Crippen LogP contribution in [0.5, 0.6) is 11.5 Å². The molecule has 8 heteroatoms. The summed E-state index contributed by atoms with van der Waals surface area (Å²) in [6, 6.07) is 15.1. The minimum atomic E-state index is -4.23. The molecule has 4 aromatic rings. The van der Waals surface area contributed by atoms with Crippen LogP contribution in [0.3, 0.4) is 0 Å². The summed E-state index contributed by atoms with van der Waals surface area (Å²) in [5.41, 5.74) is 0.269. The average Bonchev–Trinajstić information content (AvgIpc) is 2.75. The summed E-state index contributed by atoms with van der Waals surface area (Å²) in [6.45, 7) is 2.54. The second-order valence-electron chi connectivity index (χ2n) is 6.56. The summed E-state index contributed by atoms with van der Waals surface area (Å²) in [4.78, 5) is 4.22. The summed E-state index contributed by atoms with van der Waals surface area (Å²) in [5, 5.41) is 2.13. The lowest BCUT2D eigenvalue weighted by molar-refractivity contribution is 0.321. The topological polar surface area (TPSA) is 65.5 Å². The van der Waals surface area contributed by atoms with Crippen LogP contribution in [0, 0.1) is 0 Å². The van der Waals surface area contributed by atoms with Crippen LogP contribution in [0.25, 0.3) is 21.7 Å². The highest BCUT2D eigenvalue weighted by Gasteiger charge is 2.25. The molecule has 0 bridgehead atoms. The van der Waals surface area contributed by atoms with Crippen LogP contribution in [0.2, 0.25) is 10.0 Å². The van der Waals surface area contributed by atoms with Gasteiger partial charge in [-0.15, -0.1) is 0 Å². The third-order valence-electron chi connectivity index (χ3n) is 4.52. The molecule has 0 aliphatic rings. The zero-order valence-corrected chi connectivity index (χ0v) is 18.3. The van der Waals surface area contributed by atoms with Crippen molar-refractivity contribution in [3.8, 4) is 11.5 Å². The normalized spacial score (nSPS) is 11.7. The monoisotopic (exact) mass is 461 g/mol. The molecule has 0 unspecified atom stereocenters. The van der Waals surface area contributed by atoms with E-state index in [2.05, 4.69) is 4.98 Å². The molecular formula is C22H17Cl2NO4S. The Morgan fingerprint density at radius 2 is 1.67 bits per heavy atom. The molecule has 1 heterocycles. The van der Waals surface area contributed by atoms with Crippen LogP contribution in [0.15, 0.2) is 65.7 Å². The number of hydrogen-bond acceptors (Lipinski definition) is 5. The lowest BCUT2D eigenvalue weighted by Crippen LogP contribution is -2.11. The fourth-order valence-electron chi connectivity index (χ4n) is 3.18. The van der Waals surface area contributed by atoms with Crippen LogP contribution in [-0.2, 0) is 10.1 Å². The number of pyridine rings is 1. The number of aromatic nitrogens is 1. The standard InChI is InChI=1S/C22H17Cl2NO4S/c1-2-12-28-19-9-10-20(15-7-4-3-6-14(15)19)30(26,27)29-22-18(24)13-17(23)16-8-5-11-25-21(16)22/h3-11,13H,2,12H2,1H3. The summed E-state index contributed by atoms with van der Waals surface area (Å²) in [7, 11) is -4.23. The van der Waals surface area contributed by atoms with Gasteiger partial charge in [-0.2, -0.15) is 8.42 Å². The molecule has 0 aliphatic heterocycles. The lowest BCUT2D eigenvalue weighted by Gasteiger charge is -2.15. The van der Waals surface area contributed by atoms with Crippen molar-refractivity contribution in [3.05, 3.63) is 70.8 Å². The van der Waals surface area contributed by atoms with E-state index in [1.807, 2.05) is 19.1 Å². The molecule has 0 fully saturated rings. The molecule has 4 rings (SSSR count). The molecule has 0 saturated carbocycles. The Bertz CT molecular complexity index is 1360. The van der Waals surface area contributed by atoms with Gasteiger partial charge in [0.25, 0.3) is 0 Å². The molecular weight excluding hydrogens is 445 g/mol. The number of ether oxygens (including phenoxy) is 1. The number of halogens is 2. The Labute approximate surface area is 184 Å². The van der Waals surface area contributed by atoms with Gasteiger partial charge in [-0.25, -0.2) is 0 Å². The number of hydrogen-bond donors (Lipinski definition) is 0. The molecule has 154 valence electrons. The van der Waals surface area contributed by atoms with Gasteiger partial charge in [0.2, 0.25) is 0 Å².